The number of nitrogens with zero attached hydrogens (tertiary/aromatic N) is 3. The fourth-order valence-corrected chi connectivity index (χ4v) is 3.30. The summed E-state index contributed by atoms with van der Waals surface area (Å²) in [5.41, 5.74) is 0.231. The third kappa shape index (κ3) is 2.63. The summed E-state index contributed by atoms with van der Waals surface area (Å²) in [6, 6.07) is 5.46. The number of pyridine rings is 1. The van der Waals surface area contributed by atoms with Gasteiger partial charge in [-0.05, 0) is 44.8 Å². The summed E-state index contributed by atoms with van der Waals surface area (Å²) in [5.74, 6) is -0.135. The molecule has 20 heavy (non-hydrogen) atoms. The third-order valence-corrected chi connectivity index (χ3v) is 4.38. The maximum absolute atomic E-state index is 12.5. The van der Waals surface area contributed by atoms with Crippen LogP contribution in [0.4, 0.5) is 0 Å². The van der Waals surface area contributed by atoms with E-state index in [1.807, 2.05) is 4.90 Å². The van der Waals surface area contributed by atoms with Gasteiger partial charge in [0.15, 0.2) is 6.20 Å². The highest BCUT2D eigenvalue weighted by molar-refractivity contribution is 5.91. The molecule has 5 heteroatoms. The first-order valence-corrected chi connectivity index (χ1v) is 7.47. The number of carbonyl (C=O) groups excluding carboxylic acids is 1. The summed E-state index contributed by atoms with van der Waals surface area (Å²) in [4.78, 5) is 16.8. The van der Waals surface area contributed by atoms with Crippen molar-refractivity contribution in [3.63, 3.8) is 0 Å². The van der Waals surface area contributed by atoms with Crippen LogP contribution in [0, 0.1) is 5.21 Å². The van der Waals surface area contributed by atoms with Gasteiger partial charge in [0.2, 0.25) is 0 Å². The summed E-state index contributed by atoms with van der Waals surface area (Å²) in [6.45, 7) is 3.82. The molecule has 2 aliphatic heterocycles. The lowest BCUT2D eigenvalue weighted by Gasteiger charge is -2.37. The molecule has 0 aliphatic carbocycles. The predicted octanol–water partition coefficient (Wildman–Crippen LogP) is 1.02. The van der Waals surface area contributed by atoms with E-state index in [1.54, 1.807) is 18.2 Å². The van der Waals surface area contributed by atoms with E-state index < -0.39 is 0 Å². The Kier molecular flexibility index (Phi) is 3.87. The second-order valence-electron chi connectivity index (χ2n) is 5.70. The number of amides is 1. The molecule has 1 unspecified atom stereocenters. The molecule has 1 atom stereocenters. The van der Waals surface area contributed by atoms with E-state index in [0.29, 0.717) is 10.8 Å². The van der Waals surface area contributed by atoms with E-state index >= 15 is 0 Å². The van der Waals surface area contributed by atoms with Crippen LogP contribution in [0.1, 0.15) is 36.2 Å². The zero-order valence-corrected chi connectivity index (χ0v) is 11.7. The van der Waals surface area contributed by atoms with E-state index in [1.165, 1.54) is 19.0 Å². The lowest BCUT2D eigenvalue weighted by atomic mass is 10.0. The average molecular weight is 275 g/mol. The Morgan fingerprint density at radius 3 is 2.75 bits per heavy atom. The van der Waals surface area contributed by atoms with Crippen molar-refractivity contribution in [3.05, 3.63) is 35.3 Å². The lowest BCUT2D eigenvalue weighted by molar-refractivity contribution is -0.608. The van der Waals surface area contributed by atoms with Crippen LogP contribution in [0.3, 0.4) is 0 Å². The summed E-state index contributed by atoms with van der Waals surface area (Å²) in [5, 5.41) is 11.7. The molecule has 0 N–H and O–H groups in total. The SMILES string of the molecule is O=C(c1cccc[n+]1[O-])N1CCCC(N2CCCC2)C1. The molecule has 5 nitrogen and oxygen atoms in total. The van der Waals surface area contributed by atoms with Crippen LogP contribution in [0.2, 0.25) is 0 Å². The molecule has 0 saturated carbocycles. The first-order chi connectivity index (χ1) is 9.75. The van der Waals surface area contributed by atoms with Gasteiger partial charge in [-0.2, -0.15) is 4.73 Å². The third-order valence-electron chi connectivity index (χ3n) is 4.38. The molecule has 1 amide bonds. The van der Waals surface area contributed by atoms with Gasteiger partial charge >= 0.3 is 5.91 Å². The van der Waals surface area contributed by atoms with Crippen LogP contribution in [0.25, 0.3) is 0 Å². The molecule has 3 rings (SSSR count). The van der Waals surface area contributed by atoms with Crippen molar-refractivity contribution >= 4 is 5.91 Å². The summed E-state index contributed by atoms with van der Waals surface area (Å²) in [7, 11) is 0. The smallest absolute Gasteiger partial charge is 0.320 e. The zero-order valence-electron chi connectivity index (χ0n) is 11.7. The topological polar surface area (TPSA) is 50.5 Å². The second-order valence-corrected chi connectivity index (χ2v) is 5.70. The molecule has 3 heterocycles. The molecule has 1 aromatic rings. The minimum absolute atomic E-state index is 0.135. The highest BCUT2D eigenvalue weighted by Crippen LogP contribution is 2.21. The lowest BCUT2D eigenvalue weighted by Crippen LogP contribution is -2.51. The first kappa shape index (κ1) is 13.4. The first-order valence-electron chi connectivity index (χ1n) is 7.47. The normalized spacial score (nSPS) is 24.0. The van der Waals surface area contributed by atoms with E-state index in [9.17, 15) is 10.0 Å². The van der Waals surface area contributed by atoms with Crippen molar-refractivity contribution in [1.29, 1.82) is 0 Å². The maximum atomic E-state index is 12.5. The van der Waals surface area contributed by atoms with Gasteiger partial charge in [0.1, 0.15) is 0 Å². The number of rotatable bonds is 2. The molecule has 2 aliphatic rings. The Morgan fingerprint density at radius 2 is 2.00 bits per heavy atom. The van der Waals surface area contributed by atoms with Gasteiger partial charge in [0, 0.05) is 31.3 Å². The minimum Gasteiger partial charge on any atom is -0.618 e. The highest BCUT2D eigenvalue weighted by Gasteiger charge is 2.31. The molecule has 0 bridgehead atoms. The fraction of sp³-hybridized carbons (Fsp3) is 0.600. The number of hydrogen-bond acceptors (Lipinski definition) is 3. The molecule has 0 radical (unpaired) electrons. The number of hydrogen-bond donors (Lipinski definition) is 0. The second kappa shape index (κ2) is 5.79. The maximum Gasteiger partial charge on any atom is 0.320 e. The van der Waals surface area contributed by atoms with Gasteiger partial charge in [-0.15, -0.1) is 0 Å². The monoisotopic (exact) mass is 275 g/mol. The van der Waals surface area contributed by atoms with Gasteiger partial charge in [-0.3, -0.25) is 9.69 Å². The minimum atomic E-state index is -0.135. The summed E-state index contributed by atoms with van der Waals surface area (Å²) >= 11 is 0. The summed E-state index contributed by atoms with van der Waals surface area (Å²) in [6.07, 6.45) is 6.11. The van der Waals surface area contributed by atoms with Crippen LogP contribution >= 0.6 is 0 Å². The van der Waals surface area contributed by atoms with Crippen molar-refractivity contribution in [2.24, 2.45) is 0 Å². The van der Waals surface area contributed by atoms with Gasteiger partial charge in [-0.1, -0.05) is 0 Å². The van der Waals surface area contributed by atoms with Crippen LogP contribution < -0.4 is 4.73 Å². The molecule has 2 saturated heterocycles. The van der Waals surface area contributed by atoms with Crippen LogP contribution in [-0.2, 0) is 0 Å². The Hall–Kier alpha value is -1.62. The number of aromatic nitrogens is 1. The Labute approximate surface area is 119 Å². The molecule has 108 valence electrons. The number of carbonyl (C=O) groups is 1. The van der Waals surface area contributed by atoms with Gasteiger partial charge in [0.25, 0.3) is 5.69 Å². The van der Waals surface area contributed by atoms with E-state index in [0.717, 1.165) is 39.0 Å². The van der Waals surface area contributed by atoms with Gasteiger partial charge in [0.05, 0.1) is 0 Å². The standard InChI is InChI=1S/C15H21N3O2/c19-15(14-7-1-2-11-18(14)20)17-10-5-6-13(12-17)16-8-3-4-9-16/h1-2,7,11,13H,3-6,8-10,12H2. The molecule has 1 aromatic heterocycles. The molecule has 2 fully saturated rings. The van der Waals surface area contributed by atoms with Crippen molar-refractivity contribution in [3.8, 4) is 0 Å². The number of likely N-dealkylation sites (tertiary alicyclic amines) is 2. The van der Waals surface area contributed by atoms with Crippen molar-refractivity contribution < 1.29 is 9.52 Å². The van der Waals surface area contributed by atoms with Gasteiger partial charge in [-0.25, -0.2) is 0 Å². The molecule has 0 aromatic carbocycles. The predicted molar refractivity (Wildman–Crippen MR) is 75.1 cm³/mol. The largest absolute Gasteiger partial charge is 0.618 e. The van der Waals surface area contributed by atoms with Crippen molar-refractivity contribution in [2.45, 2.75) is 31.7 Å². The Balaban J connectivity index is 1.70. The van der Waals surface area contributed by atoms with E-state index in [2.05, 4.69) is 4.90 Å². The number of piperidine rings is 1. The molecular formula is C15H21N3O2. The van der Waals surface area contributed by atoms with Crippen LogP contribution in [0.5, 0.6) is 0 Å². The Bertz CT molecular complexity index is 486. The summed E-state index contributed by atoms with van der Waals surface area (Å²) < 4.78 is 0.668. The average Bonchev–Trinajstić information content (AvgIpc) is 3.01. The quantitative estimate of drug-likeness (QED) is 0.598. The molecule has 0 spiro atoms. The van der Waals surface area contributed by atoms with Crippen molar-refractivity contribution in [1.82, 2.24) is 9.80 Å². The fourth-order valence-electron chi connectivity index (χ4n) is 3.30. The van der Waals surface area contributed by atoms with Crippen LogP contribution in [0.15, 0.2) is 24.4 Å². The molecular weight excluding hydrogens is 254 g/mol. The van der Waals surface area contributed by atoms with Gasteiger partial charge < -0.3 is 10.1 Å². The van der Waals surface area contributed by atoms with E-state index in [4.69, 9.17) is 0 Å². The van der Waals surface area contributed by atoms with E-state index in [-0.39, 0.29) is 11.6 Å². The Morgan fingerprint density at radius 1 is 1.20 bits per heavy atom. The van der Waals surface area contributed by atoms with Crippen LogP contribution in [-0.4, -0.2) is 47.9 Å². The van der Waals surface area contributed by atoms with Crippen molar-refractivity contribution in [2.75, 3.05) is 26.2 Å². The highest BCUT2D eigenvalue weighted by atomic mass is 16.5. The zero-order chi connectivity index (χ0) is 13.9.